The largest absolute Gasteiger partial charge is 0.462 e. The summed E-state index contributed by atoms with van der Waals surface area (Å²) in [6.45, 7) is 3.86. The van der Waals surface area contributed by atoms with Crippen molar-refractivity contribution in [2.75, 3.05) is 6.61 Å². The van der Waals surface area contributed by atoms with Crippen molar-refractivity contribution in [2.45, 2.75) is 13.8 Å². The lowest BCUT2D eigenvalue weighted by molar-refractivity contribution is 0.0526. The maximum absolute atomic E-state index is 12.2. The van der Waals surface area contributed by atoms with Crippen molar-refractivity contribution in [3.05, 3.63) is 47.9 Å². The number of fused-ring (bicyclic) bond motifs is 1. The molecule has 21 heavy (non-hydrogen) atoms. The van der Waals surface area contributed by atoms with Crippen LogP contribution in [0.3, 0.4) is 0 Å². The average Bonchev–Trinajstić information content (AvgIpc) is 2.87. The molecule has 2 aromatic heterocycles. The van der Waals surface area contributed by atoms with Crippen molar-refractivity contribution < 1.29 is 9.53 Å². The molecular weight excluding hydrogens is 268 g/mol. The normalized spacial score (nSPS) is 10.8. The van der Waals surface area contributed by atoms with Gasteiger partial charge in [-0.2, -0.15) is 9.50 Å². The van der Waals surface area contributed by atoms with Gasteiger partial charge in [0.1, 0.15) is 11.4 Å². The minimum atomic E-state index is -0.418. The Morgan fingerprint density at radius 2 is 2.05 bits per heavy atom. The first-order valence-corrected chi connectivity index (χ1v) is 6.65. The van der Waals surface area contributed by atoms with Crippen LogP contribution < -0.4 is 0 Å². The van der Waals surface area contributed by atoms with E-state index in [0.717, 1.165) is 5.56 Å². The highest BCUT2D eigenvalue weighted by molar-refractivity contribution is 5.96. The van der Waals surface area contributed by atoms with E-state index in [0.29, 0.717) is 29.5 Å². The standard InChI is InChI=1S/C15H14N4O2/c1-3-21-14(20)12-9-16-15-17-10(2)18-19(15)13(12)11-7-5-4-6-8-11/h4-9H,3H2,1-2H3. The monoisotopic (exact) mass is 282 g/mol. The smallest absolute Gasteiger partial charge is 0.341 e. The summed E-state index contributed by atoms with van der Waals surface area (Å²) in [5.41, 5.74) is 1.87. The number of carbonyl (C=O) groups is 1. The number of ether oxygens (including phenoxy) is 1. The molecule has 6 nitrogen and oxygen atoms in total. The summed E-state index contributed by atoms with van der Waals surface area (Å²) in [5.74, 6) is 0.638. The number of rotatable bonds is 3. The summed E-state index contributed by atoms with van der Waals surface area (Å²) in [6.07, 6.45) is 1.49. The number of hydrogen-bond donors (Lipinski definition) is 0. The van der Waals surface area contributed by atoms with Crippen LogP contribution in [-0.4, -0.2) is 32.2 Å². The minimum Gasteiger partial charge on any atom is -0.462 e. The second kappa shape index (κ2) is 5.32. The topological polar surface area (TPSA) is 69.4 Å². The van der Waals surface area contributed by atoms with E-state index in [1.54, 1.807) is 18.4 Å². The van der Waals surface area contributed by atoms with Crippen molar-refractivity contribution in [1.82, 2.24) is 19.6 Å². The van der Waals surface area contributed by atoms with Crippen LogP contribution in [0.15, 0.2) is 36.5 Å². The number of aromatic nitrogens is 4. The molecule has 0 fully saturated rings. The van der Waals surface area contributed by atoms with E-state index in [2.05, 4.69) is 15.1 Å². The summed E-state index contributed by atoms with van der Waals surface area (Å²) in [7, 11) is 0. The highest BCUT2D eigenvalue weighted by Gasteiger charge is 2.19. The summed E-state index contributed by atoms with van der Waals surface area (Å²) in [5, 5.41) is 4.33. The molecule has 3 rings (SSSR count). The fraction of sp³-hybridized carbons (Fsp3) is 0.200. The van der Waals surface area contributed by atoms with Crippen LogP contribution in [0.1, 0.15) is 23.1 Å². The molecular formula is C15H14N4O2. The number of nitrogens with zero attached hydrogens (tertiary/aromatic N) is 4. The molecule has 0 aliphatic heterocycles. The number of aryl methyl sites for hydroxylation is 1. The average molecular weight is 282 g/mol. The molecule has 0 atom stereocenters. The highest BCUT2D eigenvalue weighted by Crippen LogP contribution is 2.24. The molecule has 2 heterocycles. The summed E-state index contributed by atoms with van der Waals surface area (Å²) in [4.78, 5) is 20.6. The van der Waals surface area contributed by atoms with Crippen molar-refractivity contribution in [1.29, 1.82) is 0 Å². The Morgan fingerprint density at radius 3 is 2.76 bits per heavy atom. The van der Waals surface area contributed by atoms with Crippen molar-refractivity contribution >= 4 is 11.7 Å². The lowest BCUT2D eigenvalue weighted by Crippen LogP contribution is -2.11. The molecule has 0 spiro atoms. The van der Waals surface area contributed by atoms with Gasteiger partial charge in [0.05, 0.1) is 12.3 Å². The third-order valence-corrected chi connectivity index (χ3v) is 3.01. The van der Waals surface area contributed by atoms with E-state index in [-0.39, 0.29) is 0 Å². The molecule has 0 amide bonds. The summed E-state index contributed by atoms with van der Waals surface area (Å²) >= 11 is 0. The van der Waals surface area contributed by atoms with Gasteiger partial charge in [0, 0.05) is 11.8 Å². The first kappa shape index (κ1) is 13.2. The van der Waals surface area contributed by atoms with Gasteiger partial charge < -0.3 is 4.74 Å². The fourth-order valence-electron chi connectivity index (χ4n) is 2.17. The molecule has 0 unspecified atom stereocenters. The lowest BCUT2D eigenvalue weighted by Gasteiger charge is -2.09. The number of benzene rings is 1. The molecule has 0 radical (unpaired) electrons. The minimum absolute atomic E-state index is 0.307. The van der Waals surface area contributed by atoms with Crippen LogP contribution in [0.2, 0.25) is 0 Å². The van der Waals surface area contributed by atoms with Gasteiger partial charge in [0.25, 0.3) is 5.78 Å². The molecule has 0 aliphatic carbocycles. The van der Waals surface area contributed by atoms with Crippen molar-refractivity contribution in [2.24, 2.45) is 0 Å². The van der Waals surface area contributed by atoms with Crippen LogP contribution in [0, 0.1) is 6.92 Å². The summed E-state index contributed by atoms with van der Waals surface area (Å²) in [6, 6.07) is 9.54. The zero-order valence-corrected chi connectivity index (χ0v) is 11.8. The molecule has 3 aromatic rings. The molecule has 6 heteroatoms. The van der Waals surface area contributed by atoms with Gasteiger partial charge >= 0.3 is 5.97 Å². The predicted molar refractivity (Wildman–Crippen MR) is 76.9 cm³/mol. The highest BCUT2D eigenvalue weighted by atomic mass is 16.5. The van der Waals surface area contributed by atoms with Gasteiger partial charge in [-0.3, -0.25) is 0 Å². The zero-order chi connectivity index (χ0) is 14.8. The molecule has 0 saturated heterocycles. The molecule has 106 valence electrons. The van der Waals surface area contributed by atoms with Crippen LogP contribution in [0.5, 0.6) is 0 Å². The van der Waals surface area contributed by atoms with Crippen LogP contribution in [0.25, 0.3) is 17.0 Å². The maximum Gasteiger partial charge on any atom is 0.341 e. The fourth-order valence-corrected chi connectivity index (χ4v) is 2.17. The first-order chi connectivity index (χ1) is 10.2. The second-order valence-corrected chi connectivity index (χ2v) is 4.48. The Hall–Kier alpha value is -2.76. The lowest BCUT2D eigenvalue weighted by atomic mass is 10.1. The van der Waals surface area contributed by atoms with E-state index in [1.807, 2.05) is 30.3 Å². The maximum atomic E-state index is 12.2. The van der Waals surface area contributed by atoms with E-state index in [1.165, 1.54) is 6.20 Å². The van der Waals surface area contributed by atoms with E-state index in [9.17, 15) is 4.79 Å². The Labute approximate surface area is 121 Å². The number of hydrogen-bond acceptors (Lipinski definition) is 5. The second-order valence-electron chi connectivity index (χ2n) is 4.48. The third-order valence-electron chi connectivity index (χ3n) is 3.01. The Bertz CT molecular complexity index is 796. The number of esters is 1. The number of carbonyl (C=O) groups excluding carboxylic acids is 1. The quantitative estimate of drug-likeness (QED) is 0.689. The van der Waals surface area contributed by atoms with Gasteiger partial charge in [-0.25, -0.2) is 9.78 Å². The Morgan fingerprint density at radius 1 is 1.29 bits per heavy atom. The van der Waals surface area contributed by atoms with Crippen molar-refractivity contribution in [3.63, 3.8) is 0 Å². The van der Waals surface area contributed by atoms with E-state index in [4.69, 9.17) is 4.74 Å². The van der Waals surface area contributed by atoms with Gasteiger partial charge in [-0.15, -0.1) is 5.10 Å². The van der Waals surface area contributed by atoms with E-state index < -0.39 is 5.97 Å². The predicted octanol–water partition coefficient (Wildman–Crippen LogP) is 2.28. The van der Waals surface area contributed by atoms with Gasteiger partial charge in [-0.1, -0.05) is 30.3 Å². The molecule has 0 saturated carbocycles. The molecule has 0 aliphatic rings. The summed E-state index contributed by atoms with van der Waals surface area (Å²) < 4.78 is 6.69. The zero-order valence-electron chi connectivity index (χ0n) is 11.8. The van der Waals surface area contributed by atoms with Crippen LogP contribution >= 0.6 is 0 Å². The Balaban J connectivity index is 2.30. The van der Waals surface area contributed by atoms with Gasteiger partial charge in [0.2, 0.25) is 0 Å². The van der Waals surface area contributed by atoms with Crippen molar-refractivity contribution in [3.8, 4) is 11.3 Å². The molecule has 0 N–H and O–H groups in total. The molecule has 1 aromatic carbocycles. The van der Waals surface area contributed by atoms with Crippen LogP contribution in [-0.2, 0) is 4.74 Å². The van der Waals surface area contributed by atoms with E-state index >= 15 is 0 Å². The van der Waals surface area contributed by atoms with Crippen LogP contribution in [0.4, 0.5) is 0 Å². The first-order valence-electron chi connectivity index (χ1n) is 6.65. The van der Waals surface area contributed by atoms with Gasteiger partial charge in [0.15, 0.2) is 0 Å². The van der Waals surface area contributed by atoms with Gasteiger partial charge in [-0.05, 0) is 13.8 Å². The Kier molecular flexibility index (Phi) is 3.35. The third kappa shape index (κ3) is 2.35. The SMILES string of the molecule is CCOC(=O)c1cnc2nc(C)nn2c1-c1ccccc1. The molecule has 0 bridgehead atoms.